The molecule has 0 radical (unpaired) electrons. The first-order chi connectivity index (χ1) is 7.26. The molecule has 1 aromatic rings. The first-order valence-electron chi connectivity index (χ1n) is 4.63. The van der Waals surface area contributed by atoms with Crippen LogP contribution in [0.2, 0.25) is 0 Å². The summed E-state index contributed by atoms with van der Waals surface area (Å²) < 4.78 is 13.2. The molecule has 0 fully saturated rings. The van der Waals surface area contributed by atoms with Crippen molar-refractivity contribution in [2.24, 2.45) is 5.41 Å². The van der Waals surface area contributed by atoms with Gasteiger partial charge in [-0.05, 0) is 47.5 Å². The Labute approximate surface area is 101 Å². The standard InChI is InChI=1S/C11H12BrFO3/c1-11(2,10(15)16)9(14)6-3-4-8(13)7(12)5-6/h3-5,9,14H,1-2H3,(H,15,16). The Bertz CT molecular complexity index is 418. The van der Waals surface area contributed by atoms with Gasteiger partial charge in [0.15, 0.2) is 0 Å². The van der Waals surface area contributed by atoms with Crippen molar-refractivity contribution in [2.45, 2.75) is 20.0 Å². The lowest BCUT2D eigenvalue weighted by atomic mass is 9.83. The lowest BCUT2D eigenvalue weighted by Gasteiger charge is -2.26. The van der Waals surface area contributed by atoms with Crippen LogP contribution in [0.15, 0.2) is 22.7 Å². The minimum atomic E-state index is -1.32. The zero-order valence-electron chi connectivity index (χ0n) is 8.87. The molecule has 1 aromatic carbocycles. The van der Waals surface area contributed by atoms with Crippen molar-refractivity contribution in [3.8, 4) is 0 Å². The number of hydrogen-bond acceptors (Lipinski definition) is 2. The minimum Gasteiger partial charge on any atom is -0.481 e. The molecule has 0 saturated carbocycles. The van der Waals surface area contributed by atoms with E-state index in [9.17, 15) is 14.3 Å². The third kappa shape index (κ3) is 2.41. The maximum absolute atomic E-state index is 13.0. The fraction of sp³-hybridized carbons (Fsp3) is 0.364. The van der Waals surface area contributed by atoms with E-state index in [1.54, 1.807) is 0 Å². The summed E-state index contributed by atoms with van der Waals surface area (Å²) in [6.45, 7) is 2.83. The van der Waals surface area contributed by atoms with E-state index in [0.717, 1.165) is 0 Å². The molecule has 5 heteroatoms. The Morgan fingerprint density at radius 2 is 2.06 bits per heavy atom. The van der Waals surface area contributed by atoms with Crippen LogP contribution in [-0.4, -0.2) is 16.2 Å². The molecule has 1 rings (SSSR count). The lowest BCUT2D eigenvalue weighted by molar-refractivity contribution is -0.153. The van der Waals surface area contributed by atoms with E-state index in [2.05, 4.69) is 15.9 Å². The predicted molar refractivity (Wildman–Crippen MR) is 60.5 cm³/mol. The zero-order valence-corrected chi connectivity index (χ0v) is 10.5. The largest absolute Gasteiger partial charge is 0.481 e. The number of carboxylic acids is 1. The van der Waals surface area contributed by atoms with E-state index in [4.69, 9.17) is 5.11 Å². The quantitative estimate of drug-likeness (QED) is 0.900. The van der Waals surface area contributed by atoms with Gasteiger partial charge in [-0.15, -0.1) is 0 Å². The number of halogens is 2. The highest BCUT2D eigenvalue weighted by molar-refractivity contribution is 9.10. The predicted octanol–water partition coefficient (Wildman–Crippen LogP) is 2.73. The molecule has 0 heterocycles. The second-order valence-corrected chi connectivity index (χ2v) is 4.96. The van der Waals surface area contributed by atoms with Gasteiger partial charge in [-0.1, -0.05) is 6.07 Å². The van der Waals surface area contributed by atoms with Gasteiger partial charge in [-0.3, -0.25) is 4.79 Å². The molecule has 0 aromatic heterocycles. The Morgan fingerprint density at radius 1 is 1.50 bits per heavy atom. The molecule has 0 aliphatic carbocycles. The molecule has 1 unspecified atom stereocenters. The van der Waals surface area contributed by atoms with Crippen LogP contribution in [0.1, 0.15) is 25.5 Å². The van der Waals surface area contributed by atoms with E-state index in [1.165, 1.54) is 32.0 Å². The molecule has 0 aliphatic rings. The van der Waals surface area contributed by atoms with Crippen LogP contribution in [0.5, 0.6) is 0 Å². The topological polar surface area (TPSA) is 57.5 Å². The Morgan fingerprint density at radius 3 is 2.50 bits per heavy atom. The molecule has 1 atom stereocenters. The summed E-state index contributed by atoms with van der Waals surface area (Å²) in [4.78, 5) is 10.9. The lowest BCUT2D eigenvalue weighted by Crippen LogP contribution is -2.31. The van der Waals surface area contributed by atoms with Crippen molar-refractivity contribution in [3.05, 3.63) is 34.1 Å². The number of carboxylic acid groups (broad SMARTS) is 1. The minimum absolute atomic E-state index is 0.199. The molecular weight excluding hydrogens is 279 g/mol. The third-order valence-electron chi connectivity index (χ3n) is 2.49. The maximum atomic E-state index is 13.0. The van der Waals surface area contributed by atoms with Crippen molar-refractivity contribution < 1.29 is 19.4 Å². The normalized spacial score (nSPS) is 13.6. The maximum Gasteiger partial charge on any atom is 0.312 e. The van der Waals surface area contributed by atoms with Gasteiger partial charge in [0.25, 0.3) is 0 Å². The number of rotatable bonds is 3. The van der Waals surface area contributed by atoms with Gasteiger partial charge in [0.05, 0.1) is 16.0 Å². The molecule has 0 amide bonds. The second kappa shape index (κ2) is 4.51. The van der Waals surface area contributed by atoms with E-state index < -0.39 is 23.3 Å². The molecular formula is C11H12BrFO3. The molecule has 3 nitrogen and oxygen atoms in total. The van der Waals surface area contributed by atoms with Gasteiger partial charge in [0.1, 0.15) is 5.82 Å². The van der Waals surface area contributed by atoms with Crippen molar-refractivity contribution in [1.29, 1.82) is 0 Å². The number of aliphatic hydroxyl groups excluding tert-OH is 1. The van der Waals surface area contributed by atoms with Gasteiger partial charge >= 0.3 is 5.97 Å². The molecule has 0 bridgehead atoms. The van der Waals surface area contributed by atoms with Crippen LogP contribution in [-0.2, 0) is 4.79 Å². The van der Waals surface area contributed by atoms with E-state index in [1.807, 2.05) is 0 Å². The molecule has 2 N–H and O–H groups in total. The van der Waals surface area contributed by atoms with Crippen LogP contribution in [0.4, 0.5) is 4.39 Å². The van der Waals surface area contributed by atoms with Gasteiger partial charge in [0.2, 0.25) is 0 Å². The van der Waals surface area contributed by atoms with E-state index >= 15 is 0 Å². The van der Waals surface area contributed by atoms with Crippen LogP contribution in [0.3, 0.4) is 0 Å². The smallest absolute Gasteiger partial charge is 0.312 e. The van der Waals surface area contributed by atoms with E-state index in [-0.39, 0.29) is 4.47 Å². The first kappa shape index (κ1) is 13.1. The fourth-order valence-electron chi connectivity index (χ4n) is 1.22. The number of aliphatic hydroxyl groups is 1. The average Bonchev–Trinajstić information content (AvgIpc) is 2.20. The highest BCUT2D eigenvalue weighted by Crippen LogP contribution is 2.34. The highest BCUT2D eigenvalue weighted by Gasteiger charge is 2.36. The van der Waals surface area contributed by atoms with Gasteiger partial charge < -0.3 is 10.2 Å². The van der Waals surface area contributed by atoms with Crippen molar-refractivity contribution in [1.82, 2.24) is 0 Å². The van der Waals surface area contributed by atoms with Crippen LogP contribution < -0.4 is 0 Å². The third-order valence-corrected chi connectivity index (χ3v) is 3.10. The van der Waals surface area contributed by atoms with Crippen LogP contribution in [0.25, 0.3) is 0 Å². The van der Waals surface area contributed by atoms with Gasteiger partial charge in [-0.25, -0.2) is 4.39 Å². The van der Waals surface area contributed by atoms with Crippen molar-refractivity contribution >= 4 is 21.9 Å². The molecule has 88 valence electrons. The summed E-state index contributed by atoms with van der Waals surface area (Å²) in [6, 6.07) is 3.93. The number of benzene rings is 1. The van der Waals surface area contributed by atoms with E-state index in [0.29, 0.717) is 5.56 Å². The summed E-state index contributed by atoms with van der Waals surface area (Å²) in [6.07, 6.45) is -1.19. The molecule has 0 spiro atoms. The summed E-state index contributed by atoms with van der Waals surface area (Å²) in [5, 5.41) is 18.9. The first-order valence-corrected chi connectivity index (χ1v) is 5.42. The SMILES string of the molecule is CC(C)(C(=O)O)C(O)c1ccc(F)c(Br)c1. The van der Waals surface area contributed by atoms with Crippen molar-refractivity contribution in [2.75, 3.05) is 0 Å². The van der Waals surface area contributed by atoms with Crippen LogP contribution >= 0.6 is 15.9 Å². The number of aliphatic carboxylic acids is 1. The fourth-order valence-corrected chi connectivity index (χ4v) is 1.61. The molecule has 16 heavy (non-hydrogen) atoms. The molecule has 0 aliphatic heterocycles. The van der Waals surface area contributed by atoms with Gasteiger partial charge in [-0.2, -0.15) is 0 Å². The monoisotopic (exact) mass is 290 g/mol. The number of hydrogen-bond donors (Lipinski definition) is 2. The number of carbonyl (C=O) groups is 1. The Balaban J connectivity index is 3.10. The highest BCUT2D eigenvalue weighted by atomic mass is 79.9. The van der Waals surface area contributed by atoms with Crippen molar-refractivity contribution in [3.63, 3.8) is 0 Å². The van der Waals surface area contributed by atoms with Gasteiger partial charge in [0, 0.05) is 0 Å². The van der Waals surface area contributed by atoms with Crippen LogP contribution in [0, 0.1) is 11.2 Å². The average molecular weight is 291 g/mol. The Kier molecular flexibility index (Phi) is 3.70. The molecule has 0 saturated heterocycles. The summed E-state index contributed by atoms with van der Waals surface area (Å²) in [7, 11) is 0. The Hall–Kier alpha value is -0.940. The summed E-state index contributed by atoms with van der Waals surface area (Å²) in [5.74, 6) is -1.57. The summed E-state index contributed by atoms with van der Waals surface area (Å²) >= 11 is 2.98. The summed E-state index contributed by atoms with van der Waals surface area (Å²) in [5.41, 5.74) is -0.960. The zero-order chi connectivity index (χ0) is 12.5. The second-order valence-electron chi connectivity index (χ2n) is 4.10.